The Balaban J connectivity index is 1.87. The molecule has 6 heteroatoms. The quantitative estimate of drug-likeness (QED) is 0.742. The molecule has 0 saturated heterocycles. The van der Waals surface area contributed by atoms with Crippen molar-refractivity contribution in [2.24, 2.45) is 0 Å². The highest BCUT2D eigenvalue weighted by Crippen LogP contribution is 2.29. The van der Waals surface area contributed by atoms with Crippen LogP contribution in [0, 0.1) is 12.7 Å². The van der Waals surface area contributed by atoms with Crippen LogP contribution in [0.2, 0.25) is 0 Å². The van der Waals surface area contributed by atoms with Gasteiger partial charge in [0.1, 0.15) is 17.3 Å². The van der Waals surface area contributed by atoms with Gasteiger partial charge in [-0.15, -0.1) is 0 Å². The second-order valence-corrected chi connectivity index (χ2v) is 5.30. The summed E-state index contributed by atoms with van der Waals surface area (Å²) in [7, 11) is 0. The first-order chi connectivity index (χ1) is 10.1. The summed E-state index contributed by atoms with van der Waals surface area (Å²) in [6.07, 6.45) is 1.65. The Morgan fingerprint density at radius 3 is 2.67 bits per heavy atom. The second-order valence-electron chi connectivity index (χ2n) is 4.49. The van der Waals surface area contributed by atoms with Gasteiger partial charge in [0.25, 0.3) is 0 Å². The maximum atomic E-state index is 13.4. The van der Waals surface area contributed by atoms with Crippen LogP contribution in [0.3, 0.4) is 0 Å². The van der Waals surface area contributed by atoms with Gasteiger partial charge >= 0.3 is 0 Å². The molecule has 0 bridgehead atoms. The van der Waals surface area contributed by atoms with Crippen molar-refractivity contribution in [3.8, 4) is 22.1 Å². The fraction of sp³-hybridized carbons (Fsp3) is 0.0667. The molecule has 0 amide bonds. The van der Waals surface area contributed by atoms with E-state index < -0.39 is 5.82 Å². The van der Waals surface area contributed by atoms with Gasteiger partial charge < -0.3 is 10.5 Å². The molecule has 0 spiro atoms. The minimum Gasteiger partial charge on any atom is -0.457 e. The molecule has 106 valence electrons. The topological polar surface area (TPSA) is 61.0 Å². The molecule has 3 aromatic rings. The van der Waals surface area contributed by atoms with E-state index in [-0.39, 0.29) is 5.69 Å². The first-order valence-electron chi connectivity index (χ1n) is 6.24. The third-order valence-corrected chi connectivity index (χ3v) is 3.72. The van der Waals surface area contributed by atoms with Gasteiger partial charge in [-0.2, -0.15) is 4.37 Å². The van der Waals surface area contributed by atoms with E-state index >= 15 is 0 Å². The fourth-order valence-electron chi connectivity index (χ4n) is 1.80. The van der Waals surface area contributed by atoms with Crippen LogP contribution >= 0.6 is 11.5 Å². The molecule has 4 nitrogen and oxygen atoms in total. The van der Waals surface area contributed by atoms with Crippen molar-refractivity contribution in [1.82, 2.24) is 9.36 Å². The minimum absolute atomic E-state index is 0.0953. The van der Waals surface area contributed by atoms with Gasteiger partial charge in [-0.25, -0.2) is 4.39 Å². The number of hydrogen-bond donors (Lipinski definition) is 1. The lowest BCUT2D eigenvalue weighted by atomic mass is 10.2. The van der Waals surface area contributed by atoms with Crippen LogP contribution in [0.25, 0.3) is 10.6 Å². The standard InChI is InChI=1S/C15H12FN3OS/c1-9-6-15(21-19-9)14-8-11(4-5-18-14)20-10-2-3-13(17)12(16)7-10/h2-8H,17H2,1H3. The number of nitrogen functional groups attached to an aromatic ring is 1. The van der Waals surface area contributed by atoms with Gasteiger partial charge in [-0.1, -0.05) is 0 Å². The summed E-state index contributed by atoms with van der Waals surface area (Å²) in [4.78, 5) is 5.25. The number of nitrogens with zero attached hydrogens (tertiary/aromatic N) is 2. The molecule has 2 aromatic heterocycles. The molecule has 3 rings (SSSR count). The van der Waals surface area contributed by atoms with Crippen molar-refractivity contribution < 1.29 is 9.13 Å². The van der Waals surface area contributed by atoms with Crippen molar-refractivity contribution in [1.29, 1.82) is 0 Å². The number of pyridine rings is 1. The van der Waals surface area contributed by atoms with Crippen molar-refractivity contribution in [3.05, 3.63) is 54.1 Å². The van der Waals surface area contributed by atoms with E-state index in [4.69, 9.17) is 10.5 Å². The number of aryl methyl sites for hydroxylation is 1. The lowest BCUT2D eigenvalue weighted by Gasteiger charge is -2.07. The van der Waals surface area contributed by atoms with Crippen LogP contribution in [-0.4, -0.2) is 9.36 Å². The largest absolute Gasteiger partial charge is 0.457 e. The molecule has 0 aliphatic heterocycles. The van der Waals surface area contributed by atoms with Crippen LogP contribution in [0.4, 0.5) is 10.1 Å². The minimum atomic E-state index is -0.500. The van der Waals surface area contributed by atoms with E-state index in [0.717, 1.165) is 16.3 Å². The number of nitrogens with two attached hydrogens (primary N) is 1. The smallest absolute Gasteiger partial charge is 0.149 e. The fourth-order valence-corrected chi connectivity index (χ4v) is 2.52. The zero-order valence-electron chi connectivity index (χ0n) is 11.2. The van der Waals surface area contributed by atoms with Crippen LogP contribution < -0.4 is 10.5 Å². The van der Waals surface area contributed by atoms with E-state index in [2.05, 4.69) is 9.36 Å². The Bertz CT molecular complexity index is 788. The number of ether oxygens (including phenoxy) is 1. The summed E-state index contributed by atoms with van der Waals surface area (Å²) in [6.45, 7) is 1.93. The van der Waals surface area contributed by atoms with Gasteiger partial charge in [0.05, 0.1) is 22.0 Å². The molecule has 21 heavy (non-hydrogen) atoms. The van der Waals surface area contributed by atoms with Gasteiger partial charge in [-0.3, -0.25) is 4.98 Å². The van der Waals surface area contributed by atoms with Crippen molar-refractivity contribution in [2.45, 2.75) is 6.92 Å². The van der Waals surface area contributed by atoms with Gasteiger partial charge in [-0.05, 0) is 42.7 Å². The normalized spacial score (nSPS) is 10.6. The summed E-state index contributed by atoms with van der Waals surface area (Å²) in [5.41, 5.74) is 7.25. The molecular weight excluding hydrogens is 289 g/mol. The summed E-state index contributed by atoms with van der Waals surface area (Å²) in [5, 5.41) is 0. The molecule has 0 aliphatic rings. The highest BCUT2D eigenvalue weighted by molar-refractivity contribution is 7.09. The predicted molar refractivity (Wildman–Crippen MR) is 81.0 cm³/mol. The van der Waals surface area contributed by atoms with Gasteiger partial charge in [0.2, 0.25) is 0 Å². The molecular formula is C15H12FN3OS. The highest BCUT2D eigenvalue weighted by atomic mass is 32.1. The van der Waals surface area contributed by atoms with Gasteiger partial charge in [0.15, 0.2) is 0 Å². The third-order valence-electron chi connectivity index (χ3n) is 2.82. The highest BCUT2D eigenvalue weighted by Gasteiger charge is 2.07. The number of aromatic nitrogens is 2. The summed E-state index contributed by atoms with van der Waals surface area (Å²) in [6, 6.07) is 9.81. The zero-order valence-corrected chi connectivity index (χ0v) is 12.0. The van der Waals surface area contributed by atoms with Crippen molar-refractivity contribution in [3.63, 3.8) is 0 Å². The zero-order chi connectivity index (χ0) is 14.8. The monoisotopic (exact) mass is 301 g/mol. The predicted octanol–water partition coefficient (Wildman–Crippen LogP) is 4.03. The van der Waals surface area contributed by atoms with Gasteiger partial charge in [0, 0.05) is 18.3 Å². The average Bonchev–Trinajstić information content (AvgIpc) is 2.90. The van der Waals surface area contributed by atoms with Crippen LogP contribution in [0.1, 0.15) is 5.69 Å². The maximum absolute atomic E-state index is 13.4. The molecule has 0 saturated carbocycles. The number of anilines is 1. The first kappa shape index (κ1) is 13.5. The van der Waals surface area contributed by atoms with Crippen LogP contribution in [-0.2, 0) is 0 Å². The molecule has 0 atom stereocenters. The SMILES string of the molecule is Cc1cc(-c2cc(Oc3ccc(N)c(F)c3)ccn2)sn1. The third kappa shape index (κ3) is 3.00. The average molecular weight is 301 g/mol. The lowest BCUT2D eigenvalue weighted by Crippen LogP contribution is -1.92. The summed E-state index contributed by atoms with van der Waals surface area (Å²) in [5.74, 6) is 0.467. The number of rotatable bonds is 3. The molecule has 0 radical (unpaired) electrons. The van der Waals surface area contributed by atoms with E-state index in [0.29, 0.717) is 11.5 Å². The maximum Gasteiger partial charge on any atom is 0.149 e. The van der Waals surface area contributed by atoms with E-state index in [1.54, 1.807) is 24.4 Å². The lowest BCUT2D eigenvalue weighted by molar-refractivity contribution is 0.477. The van der Waals surface area contributed by atoms with Crippen LogP contribution in [0.5, 0.6) is 11.5 Å². The van der Waals surface area contributed by atoms with Crippen LogP contribution in [0.15, 0.2) is 42.6 Å². The Kier molecular flexibility index (Phi) is 3.53. The molecule has 1 aromatic carbocycles. The molecule has 2 heterocycles. The van der Waals surface area contributed by atoms with E-state index in [9.17, 15) is 4.39 Å². The first-order valence-corrected chi connectivity index (χ1v) is 7.02. The van der Waals surface area contributed by atoms with Crippen molar-refractivity contribution in [2.75, 3.05) is 5.73 Å². The Labute approximate surface area is 125 Å². The Hall–Kier alpha value is -2.47. The molecule has 0 fully saturated rings. The number of benzene rings is 1. The molecule has 0 unspecified atom stereocenters. The van der Waals surface area contributed by atoms with E-state index in [1.165, 1.54) is 23.7 Å². The summed E-state index contributed by atoms with van der Waals surface area (Å²) >= 11 is 1.38. The Morgan fingerprint density at radius 1 is 1.14 bits per heavy atom. The molecule has 2 N–H and O–H groups in total. The van der Waals surface area contributed by atoms with Crippen molar-refractivity contribution >= 4 is 17.2 Å². The summed E-state index contributed by atoms with van der Waals surface area (Å²) < 4.78 is 23.3. The number of hydrogen-bond acceptors (Lipinski definition) is 5. The Morgan fingerprint density at radius 2 is 1.95 bits per heavy atom. The molecule has 0 aliphatic carbocycles. The number of halogens is 1. The second kappa shape index (κ2) is 5.49. The van der Waals surface area contributed by atoms with E-state index in [1.807, 2.05) is 13.0 Å².